The number of rotatable bonds is 7. The predicted octanol–water partition coefficient (Wildman–Crippen LogP) is -0.138. The van der Waals surface area contributed by atoms with Gasteiger partial charge in [0.1, 0.15) is 0 Å². The van der Waals surface area contributed by atoms with Gasteiger partial charge in [0.2, 0.25) is 0 Å². The molecule has 33 heavy (non-hydrogen) atoms. The number of nitrogens with zero attached hydrogens (tertiary/aromatic N) is 1. The number of alkyl halides is 4. The van der Waals surface area contributed by atoms with Crippen LogP contribution in [-0.2, 0) is 19.1 Å². The second-order valence-corrected chi connectivity index (χ2v) is 9.23. The topological polar surface area (TPSA) is 98.8 Å². The summed E-state index contributed by atoms with van der Waals surface area (Å²) in [6.45, 7) is -0.928. The van der Waals surface area contributed by atoms with E-state index in [2.05, 4.69) is 10.3 Å². The molecular formula is C20H17F4IN3O5-. The van der Waals surface area contributed by atoms with E-state index in [0.717, 1.165) is 9.64 Å². The number of anilines is 1. The maximum atomic E-state index is 14.6. The molecule has 0 bridgehead atoms. The number of aromatic nitrogens is 1. The Hall–Kier alpha value is -2.94. The van der Waals surface area contributed by atoms with Gasteiger partial charge in [0.15, 0.2) is 0 Å². The molecule has 0 saturated heterocycles. The van der Waals surface area contributed by atoms with Crippen LogP contribution < -0.4 is 36.6 Å². The van der Waals surface area contributed by atoms with Crippen LogP contribution in [-0.4, -0.2) is 47.8 Å². The van der Waals surface area contributed by atoms with Crippen LogP contribution in [0.5, 0.6) is 11.5 Å². The van der Waals surface area contributed by atoms with E-state index < -0.39 is 51.6 Å². The van der Waals surface area contributed by atoms with E-state index >= 15 is 0 Å². The molecule has 0 spiro atoms. The first-order chi connectivity index (χ1) is 15.6. The number of amides is 2. The first-order valence-electron chi connectivity index (χ1n) is 9.15. The second-order valence-electron chi connectivity index (χ2n) is 6.40. The Bertz CT molecular complexity index is 1090. The first kappa shape index (κ1) is 24.7. The van der Waals surface area contributed by atoms with Crippen LogP contribution in [0.4, 0.5) is 23.2 Å². The Balaban J connectivity index is 1.70. The summed E-state index contributed by atoms with van der Waals surface area (Å²) in [6.07, 6.45) is -1.87. The van der Waals surface area contributed by atoms with Crippen molar-refractivity contribution in [3.63, 3.8) is 0 Å². The number of hydrogen-bond donors (Lipinski definition) is 2. The molecule has 2 aromatic rings. The van der Waals surface area contributed by atoms with Crippen LogP contribution in [0.25, 0.3) is 6.08 Å². The van der Waals surface area contributed by atoms with Gasteiger partial charge >= 0.3 is 178 Å². The van der Waals surface area contributed by atoms with Gasteiger partial charge in [-0.1, -0.05) is 0 Å². The molecule has 2 amide bonds. The van der Waals surface area contributed by atoms with Crippen LogP contribution in [0.3, 0.4) is 0 Å². The van der Waals surface area contributed by atoms with Gasteiger partial charge in [-0.3, -0.25) is 4.79 Å². The van der Waals surface area contributed by atoms with Gasteiger partial charge in [-0.2, -0.15) is 13.2 Å². The number of fused-ring (bicyclic) bond motifs is 1. The third-order valence-corrected chi connectivity index (χ3v) is 7.53. The van der Waals surface area contributed by atoms with E-state index in [-0.39, 0.29) is 15.5 Å². The van der Waals surface area contributed by atoms with Gasteiger partial charge in [0.05, 0.1) is 0 Å². The molecule has 1 aliphatic rings. The number of ether oxygens (including phenoxy) is 3. The van der Waals surface area contributed by atoms with E-state index in [1.165, 1.54) is 30.8 Å². The van der Waals surface area contributed by atoms with Crippen molar-refractivity contribution in [1.29, 1.82) is 0 Å². The molecule has 0 fully saturated rings. The number of carbonyl (C=O) groups excluding carboxylic acids is 2. The summed E-state index contributed by atoms with van der Waals surface area (Å²) in [5.74, 6) is -3.12. The molecule has 1 unspecified atom stereocenters. The normalized spacial score (nSPS) is 15.5. The zero-order valence-corrected chi connectivity index (χ0v) is 19.3. The number of pyridine rings is 1. The molecule has 13 heteroatoms. The molecule has 0 aliphatic carbocycles. The number of nitrogens with one attached hydrogen (secondary N) is 2. The number of carbonyl (C=O) groups is 2. The number of methoxy groups -OCH3 is 2. The van der Waals surface area contributed by atoms with Crippen LogP contribution in [0.1, 0.15) is 5.69 Å². The first-order valence-corrected chi connectivity index (χ1v) is 11.5. The zero-order valence-electron chi connectivity index (χ0n) is 17.1. The maximum absolute atomic E-state index is 14.6. The van der Waals surface area contributed by atoms with Crippen LogP contribution in [0.15, 0.2) is 36.2 Å². The molecule has 1 aliphatic heterocycles. The zero-order chi connectivity index (χ0) is 24.2. The van der Waals surface area contributed by atoms with Crippen molar-refractivity contribution in [2.75, 3.05) is 26.1 Å². The van der Waals surface area contributed by atoms with Crippen molar-refractivity contribution in [3.8, 4) is 11.5 Å². The Labute approximate surface area is 195 Å². The molecule has 0 radical (unpaired) electrons. The Morgan fingerprint density at radius 2 is 1.94 bits per heavy atom. The van der Waals surface area contributed by atoms with E-state index in [4.69, 9.17) is 14.2 Å². The minimum atomic E-state index is -5.11. The molecule has 8 nitrogen and oxygen atoms in total. The van der Waals surface area contributed by atoms with Crippen molar-refractivity contribution < 1.29 is 62.6 Å². The average Bonchev–Trinajstić information content (AvgIpc) is 2.77. The molecular weight excluding hydrogens is 565 g/mol. The molecule has 1 atom stereocenters. The van der Waals surface area contributed by atoms with E-state index in [1.807, 2.05) is 0 Å². The Morgan fingerprint density at radius 1 is 1.18 bits per heavy atom. The standard InChI is InChI=1S/C20H17F4IN3O5/c1-31-15-8-12-17(25-18(15)32-2)14(5-6-26-12)33-13-4-3-10(7-11(13)21)28-16(29)9-27-19(30)20(22,23)24/h3-8,18H,9H2,1-2H3,(H,27,30)(H,28,29)/q-1. The second kappa shape index (κ2) is 10.3. The predicted molar refractivity (Wildman–Crippen MR) is 103 cm³/mol. The van der Waals surface area contributed by atoms with Gasteiger partial charge in [-0.15, -0.1) is 0 Å². The summed E-state index contributed by atoms with van der Waals surface area (Å²) in [7, 11) is 3.09. The SMILES string of the molecule is COC1=Cc2nccc(Oc3ccc(NC(=O)CNC(=O)C(F)(F)F)cc3F)c2[I-]C1OC. The van der Waals surface area contributed by atoms with E-state index in [9.17, 15) is 27.2 Å². The van der Waals surface area contributed by atoms with Crippen LogP contribution in [0, 0.1) is 9.39 Å². The summed E-state index contributed by atoms with van der Waals surface area (Å²) in [5.41, 5.74) is 0.609. The Kier molecular flexibility index (Phi) is 7.73. The monoisotopic (exact) mass is 582 g/mol. The van der Waals surface area contributed by atoms with Crippen molar-refractivity contribution >= 4 is 23.6 Å². The molecule has 1 aromatic carbocycles. The van der Waals surface area contributed by atoms with Crippen molar-refractivity contribution in [2.45, 2.75) is 10.3 Å². The van der Waals surface area contributed by atoms with Gasteiger partial charge in [0, 0.05) is 0 Å². The Morgan fingerprint density at radius 3 is 2.58 bits per heavy atom. The third-order valence-electron chi connectivity index (χ3n) is 4.14. The molecule has 1 aromatic heterocycles. The fourth-order valence-electron chi connectivity index (χ4n) is 2.64. The average molecular weight is 582 g/mol. The summed E-state index contributed by atoms with van der Waals surface area (Å²) in [6, 6.07) is 5.11. The van der Waals surface area contributed by atoms with Crippen molar-refractivity contribution in [2.24, 2.45) is 0 Å². The summed E-state index contributed by atoms with van der Waals surface area (Å²) in [4.78, 5) is 26.8. The van der Waals surface area contributed by atoms with Crippen molar-refractivity contribution in [1.82, 2.24) is 10.3 Å². The molecule has 2 N–H and O–H groups in total. The van der Waals surface area contributed by atoms with Gasteiger partial charge in [0.25, 0.3) is 0 Å². The van der Waals surface area contributed by atoms with Gasteiger partial charge in [-0.05, 0) is 0 Å². The van der Waals surface area contributed by atoms with Gasteiger partial charge in [-0.25, -0.2) is 0 Å². The fourth-order valence-corrected chi connectivity index (χ4v) is 5.41. The van der Waals surface area contributed by atoms with E-state index in [1.54, 1.807) is 19.3 Å². The number of halogens is 5. The van der Waals surface area contributed by atoms with Crippen LogP contribution >= 0.6 is 0 Å². The summed E-state index contributed by atoms with van der Waals surface area (Å²) >= 11 is -0.782. The van der Waals surface area contributed by atoms with Crippen LogP contribution in [0.2, 0.25) is 0 Å². The van der Waals surface area contributed by atoms with E-state index in [0.29, 0.717) is 17.2 Å². The molecule has 3 rings (SSSR count). The molecule has 178 valence electrons. The quantitative estimate of drug-likeness (QED) is 0.268. The molecule has 2 heterocycles. The third kappa shape index (κ3) is 6.10. The summed E-state index contributed by atoms with van der Waals surface area (Å²) < 4.78 is 68.1. The minimum absolute atomic E-state index is 0.0255. The van der Waals surface area contributed by atoms with Crippen molar-refractivity contribution in [3.05, 3.63) is 51.3 Å². The number of benzene rings is 1. The molecule has 0 saturated carbocycles. The fraction of sp³-hybridized carbons (Fsp3) is 0.250. The number of hydrogen-bond acceptors (Lipinski definition) is 6. The summed E-state index contributed by atoms with van der Waals surface area (Å²) in [5, 5.41) is 3.62. The van der Waals surface area contributed by atoms with Gasteiger partial charge < -0.3 is 0 Å².